The molecule has 2 aliphatic heterocycles. The van der Waals surface area contributed by atoms with Gasteiger partial charge >= 0.3 is 0 Å². The zero-order valence-electron chi connectivity index (χ0n) is 13.9. The van der Waals surface area contributed by atoms with Crippen LogP contribution in [0.5, 0.6) is 5.75 Å². The van der Waals surface area contributed by atoms with Gasteiger partial charge in [-0.05, 0) is 44.2 Å². The summed E-state index contributed by atoms with van der Waals surface area (Å²) < 4.78 is 39.0. The molecule has 2 heterocycles. The van der Waals surface area contributed by atoms with E-state index in [2.05, 4.69) is 4.90 Å². The van der Waals surface area contributed by atoms with Gasteiger partial charge in [-0.15, -0.1) is 0 Å². The molecular weight excluding hydrogens is 316 g/mol. The number of morpholine rings is 1. The van der Waals surface area contributed by atoms with Crippen LogP contribution in [0.4, 0.5) is 0 Å². The highest BCUT2D eigenvalue weighted by Crippen LogP contribution is 2.30. The number of ether oxygens (including phenoxy) is 2. The second kappa shape index (κ2) is 6.39. The van der Waals surface area contributed by atoms with E-state index in [1.165, 1.54) is 0 Å². The van der Waals surface area contributed by atoms with Crippen molar-refractivity contribution in [3.05, 3.63) is 23.8 Å². The molecule has 0 spiro atoms. The van der Waals surface area contributed by atoms with E-state index in [4.69, 9.17) is 9.47 Å². The lowest BCUT2D eigenvalue weighted by atomic mass is 10.0. The van der Waals surface area contributed by atoms with Gasteiger partial charge in [0.2, 0.25) is 10.0 Å². The highest BCUT2D eigenvalue weighted by Gasteiger charge is 2.42. The Balaban J connectivity index is 1.94. The minimum Gasteiger partial charge on any atom is -0.497 e. The van der Waals surface area contributed by atoms with Crippen LogP contribution in [0.25, 0.3) is 0 Å². The largest absolute Gasteiger partial charge is 0.497 e. The zero-order chi connectivity index (χ0) is 16.6. The summed E-state index contributed by atoms with van der Waals surface area (Å²) in [5.41, 5.74) is 0.705. The molecule has 0 aliphatic carbocycles. The van der Waals surface area contributed by atoms with Crippen LogP contribution in [-0.2, 0) is 14.8 Å². The molecule has 0 unspecified atom stereocenters. The SMILES string of the molecule is COc1ccc(S(=O)(=O)N2CCO[C@H]3CCN(C)C[C@H]32)c(C)c1. The van der Waals surface area contributed by atoms with Crippen molar-refractivity contribution in [1.82, 2.24) is 9.21 Å². The van der Waals surface area contributed by atoms with Crippen molar-refractivity contribution in [2.45, 2.75) is 30.4 Å². The molecular formula is C16H24N2O4S. The maximum atomic E-state index is 13.2. The van der Waals surface area contributed by atoms with Gasteiger partial charge in [0.1, 0.15) is 5.75 Å². The Morgan fingerprint density at radius 1 is 1.30 bits per heavy atom. The van der Waals surface area contributed by atoms with Crippen LogP contribution in [0.2, 0.25) is 0 Å². The maximum absolute atomic E-state index is 13.2. The van der Waals surface area contributed by atoms with Gasteiger partial charge in [0, 0.05) is 19.6 Å². The molecule has 2 aliphatic rings. The fraction of sp³-hybridized carbons (Fsp3) is 0.625. The third-order valence-electron chi connectivity index (χ3n) is 4.71. The number of hydrogen-bond donors (Lipinski definition) is 0. The van der Waals surface area contributed by atoms with Gasteiger partial charge in [0.25, 0.3) is 0 Å². The molecule has 0 bridgehead atoms. The quantitative estimate of drug-likeness (QED) is 0.825. The van der Waals surface area contributed by atoms with Crippen molar-refractivity contribution in [3.63, 3.8) is 0 Å². The van der Waals surface area contributed by atoms with Gasteiger partial charge in [0.05, 0.1) is 30.8 Å². The van der Waals surface area contributed by atoms with Gasteiger partial charge in [-0.3, -0.25) is 0 Å². The Bertz CT molecular complexity index is 677. The van der Waals surface area contributed by atoms with Crippen molar-refractivity contribution >= 4 is 10.0 Å². The Kier molecular flexibility index (Phi) is 4.64. The molecule has 6 nitrogen and oxygen atoms in total. The Labute approximate surface area is 138 Å². The van der Waals surface area contributed by atoms with Crippen LogP contribution in [0, 0.1) is 6.92 Å². The fourth-order valence-corrected chi connectivity index (χ4v) is 5.29. The third kappa shape index (κ3) is 3.10. The molecule has 3 rings (SSSR count). The second-order valence-corrected chi connectivity index (χ2v) is 8.13. The van der Waals surface area contributed by atoms with E-state index in [1.807, 2.05) is 7.05 Å². The lowest BCUT2D eigenvalue weighted by molar-refractivity contribution is -0.0719. The second-order valence-electron chi connectivity index (χ2n) is 6.27. The van der Waals surface area contributed by atoms with Crippen molar-refractivity contribution in [2.75, 3.05) is 40.4 Å². The number of nitrogens with zero attached hydrogens (tertiary/aromatic N) is 2. The van der Waals surface area contributed by atoms with Crippen molar-refractivity contribution in [3.8, 4) is 5.75 Å². The molecule has 0 radical (unpaired) electrons. The van der Waals surface area contributed by atoms with Gasteiger partial charge in [-0.1, -0.05) is 0 Å². The fourth-order valence-electron chi connectivity index (χ4n) is 3.46. The average Bonchev–Trinajstić information content (AvgIpc) is 2.53. The summed E-state index contributed by atoms with van der Waals surface area (Å²) in [4.78, 5) is 2.52. The number of piperidine rings is 1. The number of likely N-dealkylation sites (N-methyl/N-ethyl adjacent to an activating group) is 1. The molecule has 1 aromatic rings. The van der Waals surface area contributed by atoms with E-state index in [0.29, 0.717) is 35.9 Å². The number of likely N-dealkylation sites (tertiary alicyclic amines) is 1. The van der Waals surface area contributed by atoms with E-state index < -0.39 is 10.0 Å². The summed E-state index contributed by atoms with van der Waals surface area (Å²) in [6.45, 7) is 4.32. The number of rotatable bonds is 3. The molecule has 0 amide bonds. The van der Waals surface area contributed by atoms with Gasteiger partial charge < -0.3 is 14.4 Å². The van der Waals surface area contributed by atoms with E-state index in [-0.39, 0.29) is 12.1 Å². The highest BCUT2D eigenvalue weighted by atomic mass is 32.2. The first-order chi connectivity index (χ1) is 10.9. The van der Waals surface area contributed by atoms with Crippen LogP contribution < -0.4 is 4.74 Å². The molecule has 2 saturated heterocycles. The molecule has 128 valence electrons. The van der Waals surface area contributed by atoms with Gasteiger partial charge in [-0.25, -0.2) is 8.42 Å². The molecule has 0 aromatic heterocycles. The lowest BCUT2D eigenvalue weighted by Gasteiger charge is -2.45. The van der Waals surface area contributed by atoms with Crippen LogP contribution in [0.1, 0.15) is 12.0 Å². The van der Waals surface area contributed by atoms with E-state index in [9.17, 15) is 8.42 Å². The number of methoxy groups -OCH3 is 1. The zero-order valence-corrected chi connectivity index (χ0v) is 14.7. The Morgan fingerprint density at radius 2 is 2.09 bits per heavy atom. The number of benzene rings is 1. The molecule has 1 aromatic carbocycles. The van der Waals surface area contributed by atoms with Crippen LogP contribution in [0.3, 0.4) is 0 Å². The first-order valence-electron chi connectivity index (χ1n) is 7.90. The van der Waals surface area contributed by atoms with Crippen LogP contribution in [-0.4, -0.2) is 70.2 Å². The van der Waals surface area contributed by atoms with E-state index in [0.717, 1.165) is 13.0 Å². The number of sulfonamides is 1. The first kappa shape index (κ1) is 16.7. The summed E-state index contributed by atoms with van der Waals surface area (Å²) in [6, 6.07) is 4.98. The molecule has 0 saturated carbocycles. The highest BCUT2D eigenvalue weighted by molar-refractivity contribution is 7.89. The minimum absolute atomic E-state index is 0.00622. The van der Waals surface area contributed by atoms with E-state index in [1.54, 1.807) is 36.5 Å². The molecule has 7 heteroatoms. The molecule has 2 fully saturated rings. The van der Waals surface area contributed by atoms with Gasteiger partial charge in [0.15, 0.2) is 0 Å². The Hall–Kier alpha value is -1.15. The van der Waals surface area contributed by atoms with Crippen molar-refractivity contribution < 1.29 is 17.9 Å². The van der Waals surface area contributed by atoms with E-state index >= 15 is 0 Å². The summed E-state index contributed by atoms with van der Waals surface area (Å²) in [5.74, 6) is 0.665. The summed E-state index contributed by atoms with van der Waals surface area (Å²) in [7, 11) is 0.0584. The third-order valence-corrected chi connectivity index (χ3v) is 6.79. The predicted molar refractivity (Wildman–Crippen MR) is 87.3 cm³/mol. The van der Waals surface area contributed by atoms with Gasteiger partial charge in [-0.2, -0.15) is 4.31 Å². The first-order valence-corrected chi connectivity index (χ1v) is 9.34. The minimum atomic E-state index is -3.54. The van der Waals surface area contributed by atoms with Crippen molar-refractivity contribution in [2.24, 2.45) is 0 Å². The van der Waals surface area contributed by atoms with Crippen LogP contribution >= 0.6 is 0 Å². The summed E-state index contributed by atoms with van der Waals surface area (Å²) in [5, 5.41) is 0. The maximum Gasteiger partial charge on any atom is 0.243 e. The smallest absolute Gasteiger partial charge is 0.243 e. The molecule has 2 atom stereocenters. The molecule has 23 heavy (non-hydrogen) atoms. The van der Waals surface area contributed by atoms with Crippen LogP contribution in [0.15, 0.2) is 23.1 Å². The predicted octanol–water partition coefficient (Wildman–Crippen LogP) is 1.10. The number of aryl methyl sites for hydroxylation is 1. The number of fused-ring (bicyclic) bond motifs is 1. The van der Waals surface area contributed by atoms with Crippen molar-refractivity contribution in [1.29, 1.82) is 0 Å². The topological polar surface area (TPSA) is 59.1 Å². The standard InChI is InChI=1S/C16H24N2O4S/c1-12-10-13(21-3)4-5-16(12)23(19,20)18-8-9-22-15-6-7-17(2)11-14(15)18/h4-5,10,14-15H,6-9,11H2,1-3H3/t14-,15+/m1/s1. The Morgan fingerprint density at radius 3 is 2.78 bits per heavy atom. The number of hydrogen-bond acceptors (Lipinski definition) is 5. The average molecular weight is 340 g/mol. The normalized spacial score (nSPS) is 26.7. The lowest BCUT2D eigenvalue weighted by Crippen LogP contribution is -2.60. The molecule has 0 N–H and O–H groups in total. The monoisotopic (exact) mass is 340 g/mol. The summed E-state index contributed by atoms with van der Waals surface area (Å²) in [6.07, 6.45) is 0.864. The summed E-state index contributed by atoms with van der Waals surface area (Å²) >= 11 is 0.